The van der Waals surface area contributed by atoms with Crippen LogP contribution in [0.1, 0.15) is 34.0 Å². The molecule has 2 aromatic rings. The molecule has 0 bridgehead atoms. The smallest absolute Gasteiger partial charge is 0.223 e. The van der Waals surface area contributed by atoms with Crippen LogP contribution in [0, 0.1) is 0 Å². The van der Waals surface area contributed by atoms with Crippen LogP contribution in [0.25, 0.3) is 6.08 Å². The van der Waals surface area contributed by atoms with Gasteiger partial charge in [-0.25, -0.2) is 0 Å². The molecule has 0 fully saturated rings. The monoisotopic (exact) mass is 406 g/mol. The molecule has 0 unspecified atom stereocenters. The predicted octanol–water partition coefficient (Wildman–Crippen LogP) is 3.32. The van der Waals surface area contributed by atoms with Gasteiger partial charge >= 0.3 is 0 Å². The lowest BCUT2D eigenvalue weighted by molar-refractivity contribution is -0.116. The molecule has 6 heteroatoms. The summed E-state index contributed by atoms with van der Waals surface area (Å²) in [6.45, 7) is 2.96. The summed E-state index contributed by atoms with van der Waals surface area (Å²) in [7, 11) is 5.17. The van der Waals surface area contributed by atoms with Crippen molar-refractivity contribution in [3.05, 3.63) is 58.3 Å². The Morgan fingerprint density at radius 2 is 1.63 bits per heavy atom. The molecule has 0 radical (unpaired) electrons. The number of likely N-dealkylation sites (N-methyl/N-ethyl adjacent to an activating group) is 1. The molecule has 2 aromatic carbocycles. The van der Waals surface area contributed by atoms with E-state index in [4.69, 9.17) is 9.47 Å². The highest BCUT2D eigenvalue weighted by atomic mass is 16.5. The number of methoxy groups -OCH3 is 2. The van der Waals surface area contributed by atoms with Crippen molar-refractivity contribution < 1.29 is 19.1 Å². The molecule has 0 saturated carbocycles. The second-order valence-corrected chi connectivity index (χ2v) is 7.70. The van der Waals surface area contributed by atoms with E-state index in [-0.39, 0.29) is 11.7 Å². The van der Waals surface area contributed by atoms with E-state index < -0.39 is 0 Å². The van der Waals surface area contributed by atoms with Crippen molar-refractivity contribution in [2.45, 2.75) is 19.8 Å². The summed E-state index contributed by atoms with van der Waals surface area (Å²) in [5, 5.41) is 0. The molecule has 0 saturated heterocycles. The van der Waals surface area contributed by atoms with Crippen LogP contribution < -0.4 is 14.4 Å². The summed E-state index contributed by atoms with van der Waals surface area (Å²) >= 11 is 0. The minimum Gasteiger partial charge on any atom is -0.493 e. The van der Waals surface area contributed by atoms with Gasteiger partial charge < -0.3 is 19.3 Å². The van der Waals surface area contributed by atoms with E-state index in [1.54, 1.807) is 26.0 Å². The first-order valence-electron chi connectivity index (χ1n) is 10.1. The first-order chi connectivity index (χ1) is 14.4. The summed E-state index contributed by atoms with van der Waals surface area (Å²) in [5.74, 6) is 1.34. The molecule has 0 spiro atoms. The number of ether oxygens (including phenoxy) is 2. The molecule has 2 aliphatic rings. The Kier molecular flexibility index (Phi) is 5.24. The molecule has 1 amide bonds. The highest BCUT2D eigenvalue weighted by Gasteiger charge is 2.26. The van der Waals surface area contributed by atoms with Crippen LogP contribution in [-0.2, 0) is 17.6 Å². The van der Waals surface area contributed by atoms with E-state index in [0.717, 1.165) is 41.8 Å². The maximum absolute atomic E-state index is 13.4. The van der Waals surface area contributed by atoms with Crippen molar-refractivity contribution in [1.29, 1.82) is 0 Å². The molecular weight excluding hydrogens is 380 g/mol. The number of hydrogen-bond acceptors (Lipinski definition) is 5. The standard InChI is InChI=1S/C24H26N2O4/c1-15(27)26-10-8-17-11-18(5-6-20(17)26)24(28)21-12-19-14-23(30-4)22(29-3)13-16(19)7-9-25(21)2/h5-6,11-14H,7-10H2,1-4H3. The number of ketones is 1. The van der Waals surface area contributed by atoms with E-state index in [0.29, 0.717) is 29.3 Å². The number of carbonyl (C=O) groups excluding carboxylic acids is 2. The van der Waals surface area contributed by atoms with Gasteiger partial charge in [0.2, 0.25) is 11.7 Å². The number of fused-ring (bicyclic) bond motifs is 2. The van der Waals surface area contributed by atoms with E-state index in [1.807, 2.05) is 48.4 Å². The minimum absolute atomic E-state index is 0.0239. The van der Waals surface area contributed by atoms with Crippen LogP contribution in [0.15, 0.2) is 36.0 Å². The van der Waals surface area contributed by atoms with E-state index >= 15 is 0 Å². The Balaban J connectivity index is 1.72. The van der Waals surface area contributed by atoms with E-state index in [1.165, 1.54) is 0 Å². The third-order valence-corrected chi connectivity index (χ3v) is 5.92. The summed E-state index contributed by atoms with van der Waals surface area (Å²) in [5.41, 5.74) is 5.31. The van der Waals surface area contributed by atoms with Crippen molar-refractivity contribution in [2.75, 3.05) is 39.3 Å². The quantitative estimate of drug-likeness (QED) is 0.729. The lowest BCUT2D eigenvalue weighted by Gasteiger charge is -2.20. The average Bonchev–Trinajstić information content (AvgIpc) is 3.11. The van der Waals surface area contributed by atoms with Gasteiger partial charge in [-0.15, -0.1) is 0 Å². The maximum atomic E-state index is 13.4. The molecule has 2 heterocycles. The van der Waals surface area contributed by atoms with Crippen molar-refractivity contribution >= 4 is 23.5 Å². The molecule has 6 nitrogen and oxygen atoms in total. The van der Waals surface area contributed by atoms with Crippen molar-refractivity contribution in [2.24, 2.45) is 0 Å². The Morgan fingerprint density at radius 1 is 0.933 bits per heavy atom. The average molecular weight is 406 g/mol. The molecule has 0 atom stereocenters. The normalized spacial score (nSPS) is 15.1. The fourth-order valence-corrected chi connectivity index (χ4v) is 4.21. The molecular formula is C24H26N2O4. The van der Waals surface area contributed by atoms with Crippen LogP contribution in [0.5, 0.6) is 11.5 Å². The Morgan fingerprint density at radius 3 is 2.33 bits per heavy atom. The third-order valence-electron chi connectivity index (χ3n) is 5.92. The SMILES string of the molecule is COc1cc2c(cc1OC)CCN(C)C(C(=O)c1ccc3c(c1)CCN3C(C)=O)=C2. The van der Waals surface area contributed by atoms with Gasteiger partial charge in [0.05, 0.1) is 19.9 Å². The number of rotatable bonds is 4. The summed E-state index contributed by atoms with van der Waals surface area (Å²) in [6.07, 6.45) is 3.50. The Labute approximate surface area is 176 Å². The fourth-order valence-electron chi connectivity index (χ4n) is 4.21. The number of hydrogen-bond donors (Lipinski definition) is 0. The highest BCUT2D eigenvalue weighted by molar-refractivity contribution is 6.11. The van der Waals surface area contributed by atoms with Gasteiger partial charge in [-0.05, 0) is 65.9 Å². The van der Waals surface area contributed by atoms with Gasteiger partial charge in [-0.2, -0.15) is 0 Å². The zero-order valence-electron chi connectivity index (χ0n) is 17.8. The van der Waals surface area contributed by atoms with Crippen LogP contribution in [0.4, 0.5) is 5.69 Å². The second-order valence-electron chi connectivity index (χ2n) is 7.70. The number of benzene rings is 2. The van der Waals surface area contributed by atoms with Gasteiger partial charge in [0.1, 0.15) is 0 Å². The third kappa shape index (κ3) is 3.43. The largest absolute Gasteiger partial charge is 0.493 e. The van der Waals surface area contributed by atoms with Crippen molar-refractivity contribution in [3.63, 3.8) is 0 Å². The first-order valence-corrected chi connectivity index (χ1v) is 10.1. The molecule has 0 N–H and O–H groups in total. The molecule has 156 valence electrons. The Hall–Kier alpha value is -3.28. The molecule has 4 rings (SSSR count). The van der Waals surface area contributed by atoms with Gasteiger partial charge in [0, 0.05) is 38.3 Å². The van der Waals surface area contributed by atoms with Gasteiger partial charge in [0.25, 0.3) is 0 Å². The number of anilines is 1. The molecule has 2 aliphatic heterocycles. The number of carbonyl (C=O) groups is 2. The van der Waals surface area contributed by atoms with Crippen LogP contribution in [0.3, 0.4) is 0 Å². The predicted molar refractivity (Wildman–Crippen MR) is 116 cm³/mol. The first kappa shape index (κ1) is 20.0. The van der Waals surface area contributed by atoms with Crippen LogP contribution >= 0.6 is 0 Å². The molecule has 0 aliphatic carbocycles. The number of nitrogens with zero attached hydrogens (tertiary/aromatic N) is 2. The number of amides is 1. The van der Waals surface area contributed by atoms with E-state index in [9.17, 15) is 9.59 Å². The lowest BCUT2D eigenvalue weighted by Crippen LogP contribution is -2.26. The number of Topliss-reactive ketones (excluding diaryl/α,β-unsaturated/α-hetero) is 1. The Bertz CT molecular complexity index is 1060. The van der Waals surface area contributed by atoms with Gasteiger partial charge in [0.15, 0.2) is 11.5 Å². The van der Waals surface area contributed by atoms with Gasteiger partial charge in [-0.3, -0.25) is 9.59 Å². The van der Waals surface area contributed by atoms with Crippen molar-refractivity contribution in [3.8, 4) is 11.5 Å². The minimum atomic E-state index is -0.0239. The zero-order valence-corrected chi connectivity index (χ0v) is 17.8. The van der Waals surface area contributed by atoms with Crippen LogP contribution in [0.2, 0.25) is 0 Å². The summed E-state index contributed by atoms with van der Waals surface area (Å²) in [6, 6.07) is 9.54. The van der Waals surface area contributed by atoms with Crippen LogP contribution in [-0.4, -0.2) is 50.9 Å². The highest BCUT2D eigenvalue weighted by Crippen LogP contribution is 2.34. The molecule has 30 heavy (non-hydrogen) atoms. The topological polar surface area (TPSA) is 59.1 Å². The summed E-state index contributed by atoms with van der Waals surface area (Å²) < 4.78 is 10.9. The van der Waals surface area contributed by atoms with E-state index in [2.05, 4.69) is 0 Å². The van der Waals surface area contributed by atoms with Crippen molar-refractivity contribution in [1.82, 2.24) is 4.90 Å². The van der Waals surface area contributed by atoms with Gasteiger partial charge in [-0.1, -0.05) is 0 Å². The number of allylic oxidation sites excluding steroid dienone is 1. The summed E-state index contributed by atoms with van der Waals surface area (Å²) in [4.78, 5) is 29.0. The fraction of sp³-hybridized carbons (Fsp3) is 0.333. The zero-order chi connectivity index (χ0) is 21.4. The molecule has 0 aromatic heterocycles. The lowest BCUT2D eigenvalue weighted by atomic mass is 10.0. The second kappa shape index (κ2) is 7.86. The maximum Gasteiger partial charge on any atom is 0.223 e.